The van der Waals surface area contributed by atoms with E-state index in [2.05, 4.69) is 0 Å². The Morgan fingerprint density at radius 2 is 2.18 bits per heavy atom. The topological polar surface area (TPSA) is 65.0 Å². The predicted octanol–water partition coefficient (Wildman–Crippen LogP) is 1.01. The van der Waals surface area contributed by atoms with E-state index in [-0.39, 0.29) is 0 Å². The van der Waals surface area contributed by atoms with Crippen molar-refractivity contribution in [3.05, 3.63) is 12.2 Å². The molecule has 0 bridgehead atoms. The smallest absolute Gasteiger partial charge is 0.330 e. The Morgan fingerprint density at radius 3 is 2.71 bits per heavy atom. The molecule has 0 radical (unpaired) electrons. The summed E-state index contributed by atoms with van der Waals surface area (Å²) in [5, 5.41) is 9.57. The van der Waals surface area contributed by atoms with Gasteiger partial charge in [0, 0.05) is 6.08 Å². The Balaban J connectivity index is 2.65. The Kier molecular flexibility index (Phi) is 4.68. The third-order valence-corrected chi connectivity index (χ3v) is 2.35. The zero-order valence-corrected chi connectivity index (χ0v) is 10.7. The molecule has 1 N–H and O–H groups in total. The maximum atomic E-state index is 11.2. The van der Waals surface area contributed by atoms with E-state index < -0.39 is 30.1 Å². The van der Waals surface area contributed by atoms with Crippen LogP contribution in [0.3, 0.4) is 0 Å². The van der Waals surface area contributed by atoms with Gasteiger partial charge >= 0.3 is 5.97 Å². The number of esters is 1. The van der Waals surface area contributed by atoms with E-state index in [9.17, 15) is 9.90 Å². The average molecular weight is 244 g/mol. The number of hydrogen-bond donors (Lipinski definition) is 1. The molecule has 0 saturated carbocycles. The molecular weight excluding hydrogens is 224 g/mol. The van der Waals surface area contributed by atoms with Gasteiger partial charge in [-0.05, 0) is 33.8 Å². The van der Waals surface area contributed by atoms with E-state index >= 15 is 0 Å². The van der Waals surface area contributed by atoms with Crippen molar-refractivity contribution in [1.82, 2.24) is 0 Å². The second-order valence-electron chi connectivity index (χ2n) is 4.42. The number of aliphatic hydroxyl groups excluding tert-OH is 1. The summed E-state index contributed by atoms with van der Waals surface area (Å²) in [7, 11) is 0. The third kappa shape index (κ3) is 4.11. The van der Waals surface area contributed by atoms with Gasteiger partial charge in [-0.2, -0.15) is 0 Å². The molecule has 1 rings (SSSR count). The van der Waals surface area contributed by atoms with Crippen LogP contribution in [-0.2, 0) is 19.0 Å². The van der Waals surface area contributed by atoms with Gasteiger partial charge in [-0.3, -0.25) is 0 Å². The van der Waals surface area contributed by atoms with Gasteiger partial charge in [0.15, 0.2) is 5.79 Å². The monoisotopic (exact) mass is 244 g/mol. The van der Waals surface area contributed by atoms with Crippen LogP contribution >= 0.6 is 0 Å². The van der Waals surface area contributed by atoms with Gasteiger partial charge in [-0.1, -0.05) is 0 Å². The highest BCUT2D eigenvalue weighted by atomic mass is 16.8. The second kappa shape index (κ2) is 5.62. The van der Waals surface area contributed by atoms with Crippen molar-refractivity contribution < 1.29 is 24.1 Å². The van der Waals surface area contributed by atoms with Crippen molar-refractivity contribution in [2.75, 3.05) is 6.61 Å². The number of aliphatic hydroxyl groups is 1. The first kappa shape index (κ1) is 14.2. The minimum atomic E-state index is -0.759. The zero-order chi connectivity index (χ0) is 13.1. The van der Waals surface area contributed by atoms with E-state index in [4.69, 9.17) is 14.2 Å². The fourth-order valence-electron chi connectivity index (χ4n) is 1.70. The number of ether oxygens (including phenoxy) is 3. The molecular formula is C12H20O5. The van der Waals surface area contributed by atoms with Gasteiger partial charge in [-0.15, -0.1) is 0 Å². The summed E-state index contributed by atoms with van der Waals surface area (Å²) in [5.41, 5.74) is 0. The maximum absolute atomic E-state index is 11.2. The molecule has 5 heteroatoms. The highest BCUT2D eigenvalue weighted by Gasteiger charge is 2.42. The molecule has 17 heavy (non-hydrogen) atoms. The number of carbonyl (C=O) groups is 1. The Labute approximate surface area is 101 Å². The molecule has 3 atom stereocenters. The Bertz CT molecular complexity index is 295. The second-order valence-corrected chi connectivity index (χ2v) is 4.42. The van der Waals surface area contributed by atoms with Gasteiger partial charge in [-0.25, -0.2) is 4.79 Å². The van der Waals surface area contributed by atoms with Crippen molar-refractivity contribution >= 4 is 5.97 Å². The van der Waals surface area contributed by atoms with Gasteiger partial charge in [0.25, 0.3) is 0 Å². The van der Waals surface area contributed by atoms with Crippen molar-refractivity contribution in [3.63, 3.8) is 0 Å². The Morgan fingerprint density at radius 1 is 1.53 bits per heavy atom. The molecule has 0 aromatic heterocycles. The van der Waals surface area contributed by atoms with E-state index in [0.29, 0.717) is 6.61 Å². The zero-order valence-electron chi connectivity index (χ0n) is 10.7. The lowest BCUT2D eigenvalue weighted by molar-refractivity contribution is -0.152. The molecule has 1 heterocycles. The molecule has 1 fully saturated rings. The lowest BCUT2D eigenvalue weighted by Crippen LogP contribution is -2.32. The highest BCUT2D eigenvalue weighted by Crippen LogP contribution is 2.30. The fraction of sp³-hybridized carbons (Fsp3) is 0.750. The summed E-state index contributed by atoms with van der Waals surface area (Å²) in [6.07, 6.45) is 1.26. The minimum Gasteiger partial charge on any atom is -0.463 e. The number of hydrogen-bond acceptors (Lipinski definition) is 5. The largest absolute Gasteiger partial charge is 0.463 e. The first-order chi connectivity index (χ1) is 7.85. The Hall–Kier alpha value is -0.910. The molecule has 0 amide bonds. The first-order valence-electron chi connectivity index (χ1n) is 5.74. The van der Waals surface area contributed by atoms with Crippen LogP contribution in [0.2, 0.25) is 0 Å². The summed E-state index contributed by atoms with van der Waals surface area (Å²) >= 11 is 0. The molecule has 98 valence electrons. The van der Waals surface area contributed by atoms with Gasteiger partial charge in [0.05, 0.1) is 12.7 Å². The minimum absolute atomic E-state index is 0.330. The molecule has 5 nitrogen and oxygen atoms in total. The molecule has 0 aliphatic carbocycles. The van der Waals surface area contributed by atoms with Crippen LogP contribution in [0.25, 0.3) is 0 Å². The normalized spacial score (nSPS) is 29.5. The van der Waals surface area contributed by atoms with E-state index in [1.165, 1.54) is 6.08 Å². The summed E-state index contributed by atoms with van der Waals surface area (Å²) in [5.74, 6) is -1.18. The molecule has 1 aliphatic rings. The summed E-state index contributed by atoms with van der Waals surface area (Å²) in [4.78, 5) is 11.2. The highest BCUT2D eigenvalue weighted by molar-refractivity contribution is 5.81. The van der Waals surface area contributed by atoms with Gasteiger partial charge in [0.1, 0.15) is 12.2 Å². The van der Waals surface area contributed by atoms with Crippen molar-refractivity contribution in [2.45, 2.75) is 51.8 Å². The number of carbonyl (C=O) groups excluding carboxylic acids is 1. The van der Waals surface area contributed by atoms with Crippen LogP contribution in [0.5, 0.6) is 0 Å². The fourth-order valence-corrected chi connectivity index (χ4v) is 1.70. The van der Waals surface area contributed by atoms with E-state index in [1.807, 2.05) is 0 Å². The van der Waals surface area contributed by atoms with Crippen LogP contribution < -0.4 is 0 Å². The first-order valence-corrected chi connectivity index (χ1v) is 5.74. The van der Waals surface area contributed by atoms with Gasteiger partial charge < -0.3 is 19.3 Å². The van der Waals surface area contributed by atoms with Crippen LogP contribution in [0, 0.1) is 0 Å². The van der Waals surface area contributed by atoms with Crippen molar-refractivity contribution in [3.8, 4) is 0 Å². The van der Waals surface area contributed by atoms with E-state index in [1.54, 1.807) is 33.8 Å². The third-order valence-electron chi connectivity index (χ3n) is 2.35. The number of rotatable bonds is 4. The lowest BCUT2D eigenvalue weighted by atomic mass is 10.1. The van der Waals surface area contributed by atoms with Crippen molar-refractivity contribution in [2.24, 2.45) is 0 Å². The SMILES string of the molecule is CCOC(=O)/C=C\[C@@H]1OC(C)(C)O[C@@H]1[C@H](C)O. The maximum Gasteiger partial charge on any atom is 0.330 e. The van der Waals surface area contributed by atoms with Gasteiger partial charge in [0.2, 0.25) is 0 Å². The standard InChI is InChI=1S/C12H20O5/c1-5-15-10(14)7-6-9-11(8(2)13)17-12(3,4)16-9/h6-9,11,13H,5H2,1-4H3/b7-6-/t8-,9-,11+/m0/s1. The quantitative estimate of drug-likeness (QED) is 0.590. The lowest BCUT2D eigenvalue weighted by Gasteiger charge is -2.18. The molecule has 1 saturated heterocycles. The molecule has 1 aliphatic heterocycles. The molecule has 0 spiro atoms. The van der Waals surface area contributed by atoms with Crippen molar-refractivity contribution in [1.29, 1.82) is 0 Å². The van der Waals surface area contributed by atoms with E-state index in [0.717, 1.165) is 0 Å². The van der Waals surface area contributed by atoms with Crippen LogP contribution in [0.1, 0.15) is 27.7 Å². The summed E-state index contributed by atoms with van der Waals surface area (Å²) < 4.78 is 15.9. The van der Waals surface area contributed by atoms with Crippen LogP contribution in [0.15, 0.2) is 12.2 Å². The molecule has 0 aromatic rings. The molecule has 0 unspecified atom stereocenters. The summed E-state index contributed by atoms with van der Waals surface area (Å²) in [6.45, 7) is 7.22. The molecule has 0 aromatic carbocycles. The van der Waals surface area contributed by atoms with Crippen LogP contribution in [-0.4, -0.2) is 41.8 Å². The van der Waals surface area contributed by atoms with Crippen LogP contribution in [0.4, 0.5) is 0 Å². The average Bonchev–Trinajstić information content (AvgIpc) is 2.51. The predicted molar refractivity (Wildman–Crippen MR) is 61.3 cm³/mol. The summed E-state index contributed by atoms with van der Waals surface area (Å²) in [6, 6.07) is 0.